The Bertz CT molecular complexity index is 423. The molecule has 0 atom stereocenters. The summed E-state index contributed by atoms with van der Waals surface area (Å²) in [4.78, 5) is 11.1. The lowest BCUT2D eigenvalue weighted by atomic mass is 10.2. The summed E-state index contributed by atoms with van der Waals surface area (Å²) in [6, 6.07) is 1.61. The maximum atomic E-state index is 12.9. The highest BCUT2D eigenvalue weighted by Gasteiger charge is 2.34. The van der Waals surface area contributed by atoms with Crippen LogP contribution in [0.15, 0.2) is 18.2 Å². The van der Waals surface area contributed by atoms with E-state index in [1.165, 1.54) is 0 Å². The van der Waals surface area contributed by atoms with Crippen molar-refractivity contribution >= 4 is 24.1 Å². The van der Waals surface area contributed by atoms with Crippen molar-refractivity contribution in [2.24, 2.45) is 0 Å². The molecule has 1 aromatic carbocycles. The van der Waals surface area contributed by atoms with Crippen LogP contribution in [0.4, 0.5) is 28.0 Å². The van der Waals surface area contributed by atoms with Crippen LogP contribution in [0.3, 0.4) is 0 Å². The van der Waals surface area contributed by atoms with E-state index >= 15 is 0 Å². The summed E-state index contributed by atoms with van der Waals surface area (Å²) in [6.07, 6.45) is -4.79. The maximum Gasteiger partial charge on any atom is 0.419 e. The van der Waals surface area contributed by atoms with Crippen molar-refractivity contribution in [1.82, 2.24) is 5.32 Å². The third-order valence-electron chi connectivity index (χ3n) is 1.87. The minimum Gasteiger partial charge on any atom is -0.338 e. The van der Waals surface area contributed by atoms with Gasteiger partial charge < -0.3 is 10.6 Å². The molecule has 8 heteroatoms. The minimum absolute atomic E-state index is 0. The van der Waals surface area contributed by atoms with E-state index in [4.69, 9.17) is 0 Å². The Labute approximate surface area is 107 Å². The number of hydrogen-bond donors (Lipinski definition) is 2. The highest BCUT2D eigenvalue weighted by Crippen LogP contribution is 2.32. The van der Waals surface area contributed by atoms with Crippen LogP contribution in [0.5, 0.6) is 0 Å². The number of anilines is 1. The van der Waals surface area contributed by atoms with E-state index in [2.05, 4.69) is 10.6 Å². The van der Waals surface area contributed by atoms with Gasteiger partial charge in [0.2, 0.25) is 0 Å². The van der Waals surface area contributed by atoms with Crippen molar-refractivity contribution in [2.75, 3.05) is 11.9 Å². The summed E-state index contributed by atoms with van der Waals surface area (Å²) in [6.45, 7) is 1.99. The zero-order valence-electron chi connectivity index (χ0n) is 9.27. The zero-order valence-corrected chi connectivity index (χ0v) is 10.1. The molecule has 102 valence electrons. The molecule has 0 unspecified atom stereocenters. The lowest BCUT2D eigenvalue weighted by molar-refractivity contribution is -0.139. The Kier molecular flexibility index (Phi) is 5.90. The highest BCUT2D eigenvalue weighted by molar-refractivity contribution is 5.89. The van der Waals surface area contributed by atoms with E-state index in [0.717, 1.165) is 6.07 Å². The Morgan fingerprint density at radius 1 is 1.33 bits per heavy atom. The maximum absolute atomic E-state index is 12.9. The molecule has 0 aliphatic carbocycles. The van der Waals surface area contributed by atoms with Crippen molar-refractivity contribution in [1.29, 1.82) is 0 Å². The Morgan fingerprint density at radius 3 is 2.44 bits per heavy atom. The predicted molar refractivity (Wildman–Crippen MR) is 61.3 cm³/mol. The van der Waals surface area contributed by atoms with Gasteiger partial charge in [0.15, 0.2) is 0 Å². The third-order valence-corrected chi connectivity index (χ3v) is 1.87. The summed E-state index contributed by atoms with van der Waals surface area (Å²) in [7, 11) is 0. The molecule has 0 aliphatic rings. The summed E-state index contributed by atoms with van der Waals surface area (Å²) >= 11 is 0. The quantitative estimate of drug-likeness (QED) is 0.804. The van der Waals surface area contributed by atoms with Gasteiger partial charge in [-0.3, -0.25) is 0 Å². The minimum atomic E-state index is -4.79. The summed E-state index contributed by atoms with van der Waals surface area (Å²) in [5.41, 5.74) is -1.53. The fraction of sp³-hybridized carbons (Fsp3) is 0.300. The molecule has 2 N–H and O–H groups in total. The van der Waals surface area contributed by atoms with Crippen LogP contribution in [0.2, 0.25) is 0 Å². The average molecular weight is 287 g/mol. The van der Waals surface area contributed by atoms with Gasteiger partial charge in [-0.25, -0.2) is 9.18 Å². The van der Waals surface area contributed by atoms with Crippen LogP contribution in [-0.2, 0) is 6.18 Å². The smallest absolute Gasteiger partial charge is 0.338 e. The van der Waals surface area contributed by atoms with Gasteiger partial charge in [0, 0.05) is 12.2 Å². The zero-order chi connectivity index (χ0) is 13.1. The Hall–Kier alpha value is -1.50. The molecular formula is C10H11ClF4N2O. The number of halogens is 5. The molecule has 0 bridgehead atoms. The van der Waals surface area contributed by atoms with Crippen LogP contribution in [0, 0.1) is 5.82 Å². The topological polar surface area (TPSA) is 41.1 Å². The number of benzene rings is 1. The Balaban J connectivity index is 0.00000289. The van der Waals surface area contributed by atoms with Crippen LogP contribution in [-0.4, -0.2) is 12.6 Å². The van der Waals surface area contributed by atoms with Crippen LogP contribution in [0.25, 0.3) is 0 Å². The van der Waals surface area contributed by atoms with E-state index in [1.54, 1.807) is 6.92 Å². The van der Waals surface area contributed by atoms with Crippen molar-refractivity contribution in [2.45, 2.75) is 13.1 Å². The van der Waals surface area contributed by atoms with E-state index in [1.807, 2.05) is 0 Å². The van der Waals surface area contributed by atoms with Gasteiger partial charge in [0.1, 0.15) is 5.82 Å². The van der Waals surface area contributed by atoms with Gasteiger partial charge >= 0.3 is 12.2 Å². The largest absolute Gasteiger partial charge is 0.419 e. The number of nitrogens with one attached hydrogen (secondary N) is 2. The highest BCUT2D eigenvalue weighted by atomic mass is 35.5. The molecule has 2 amide bonds. The van der Waals surface area contributed by atoms with Gasteiger partial charge in [-0.05, 0) is 25.1 Å². The first-order valence-electron chi connectivity index (χ1n) is 4.76. The van der Waals surface area contributed by atoms with Gasteiger partial charge in [0.05, 0.1) is 5.56 Å². The molecule has 0 spiro atoms. The summed E-state index contributed by atoms with van der Waals surface area (Å²) in [5.74, 6) is -1.38. The molecule has 0 aromatic heterocycles. The van der Waals surface area contributed by atoms with Gasteiger partial charge in [-0.15, -0.1) is 12.4 Å². The third kappa shape index (κ3) is 4.40. The lowest BCUT2D eigenvalue weighted by Gasteiger charge is -2.11. The molecule has 3 nitrogen and oxygen atoms in total. The van der Waals surface area contributed by atoms with Gasteiger partial charge in [0.25, 0.3) is 0 Å². The SMILES string of the molecule is CCNC(=O)Nc1ccc(F)c(C(F)(F)F)c1.Cl. The van der Waals surface area contributed by atoms with E-state index in [-0.39, 0.29) is 18.1 Å². The second kappa shape index (κ2) is 6.44. The molecule has 0 saturated heterocycles. The van der Waals surface area contributed by atoms with Crippen LogP contribution in [0.1, 0.15) is 12.5 Å². The molecular weight excluding hydrogens is 276 g/mol. The van der Waals surface area contributed by atoms with Gasteiger partial charge in [-0.2, -0.15) is 13.2 Å². The molecule has 0 heterocycles. The molecule has 0 fully saturated rings. The molecule has 0 saturated carbocycles. The lowest BCUT2D eigenvalue weighted by Crippen LogP contribution is -2.28. The monoisotopic (exact) mass is 286 g/mol. The second-order valence-electron chi connectivity index (χ2n) is 3.18. The Morgan fingerprint density at radius 2 is 1.94 bits per heavy atom. The second-order valence-corrected chi connectivity index (χ2v) is 3.18. The number of alkyl halides is 3. The summed E-state index contributed by atoms with van der Waals surface area (Å²) in [5, 5.41) is 4.51. The first kappa shape index (κ1) is 16.5. The molecule has 0 radical (unpaired) electrons. The van der Waals surface area contributed by atoms with Gasteiger partial charge in [-0.1, -0.05) is 0 Å². The average Bonchev–Trinajstić information content (AvgIpc) is 2.19. The molecule has 1 rings (SSSR count). The first-order valence-corrected chi connectivity index (χ1v) is 4.76. The number of carbonyl (C=O) groups excluding carboxylic acids is 1. The standard InChI is InChI=1S/C10H10F4N2O.ClH/c1-2-15-9(17)16-6-3-4-8(11)7(5-6)10(12,13)14;/h3-5H,2H2,1H3,(H2,15,16,17);1H. The fourth-order valence-electron chi connectivity index (χ4n) is 1.16. The summed E-state index contributed by atoms with van der Waals surface area (Å²) < 4.78 is 49.9. The number of rotatable bonds is 2. The number of hydrogen-bond acceptors (Lipinski definition) is 1. The number of urea groups is 1. The van der Waals surface area contributed by atoms with Crippen molar-refractivity contribution in [3.63, 3.8) is 0 Å². The number of amides is 2. The molecule has 18 heavy (non-hydrogen) atoms. The van der Waals surface area contributed by atoms with Crippen LogP contribution < -0.4 is 10.6 Å². The normalized spacial score (nSPS) is 10.5. The predicted octanol–water partition coefficient (Wildman–Crippen LogP) is 3.41. The first-order chi connectivity index (χ1) is 7.84. The van der Waals surface area contributed by atoms with Crippen molar-refractivity contribution in [3.8, 4) is 0 Å². The van der Waals surface area contributed by atoms with Crippen molar-refractivity contribution in [3.05, 3.63) is 29.6 Å². The van der Waals surface area contributed by atoms with Crippen LogP contribution >= 0.6 is 12.4 Å². The fourth-order valence-corrected chi connectivity index (χ4v) is 1.16. The molecule has 0 aliphatic heterocycles. The van der Waals surface area contributed by atoms with E-state index in [0.29, 0.717) is 18.7 Å². The van der Waals surface area contributed by atoms with Crippen molar-refractivity contribution < 1.29 is 22.4 Å². The number of carbonyl (C=O) groups is 1. The molecule has 1 aromatic rings. The van der Waals surface area contributed by atoms with E-state index in [9.17, 15) is 22.4 Å². The van der Waals surface area contributed by atoms with E-state index < -0.39 is 23.6 Å².